The van der Waals surface area contributed by atoms with E-state index < -0.39 is 17.9 Å². The molecule has 5 aromatic rings. The molecule has 7 rings (SSSR count). The largest absolute Gasteiger partial charge is 0.494 e. The number of fused-ring (bicyclic) bond motifs is 1. The van der Waals surface area contributed by atoms with Gasteiger partial charge in [-0.25, -0.2) is 14.6 Å². The molecule has 0 unspecified atom stereocenters. The predicted molar refractivity (Wildman–Crippen MR) is 297 cm³/mol. The lowest BCUT2D eigenvalue weighted by atomic mass is 9.82. The fraction of sp³-hybridized carbons (Fsp3) is 0.467. The van der Waals surface area contributed by atoms with E-state index in [4.69, 9.17) is 57.7 Å². The fourth-order valence-electron chi connectivity index (χ4n) is 9.00. The van der Waals surface area contributed by atoms with Crippen LogP contribution in [0.25, 0.3) is 20.1 Å². The number of benzene rings is 3. The van der Waals surface area contributed by atoms with Gasteiger partial charge in [-0.3, -0.25) is 14.4 Å². The summed E-state index contributed by atoms with van der Waals surface area (Å²) in [4.78, 5) is 89.5. The van der Waals surface area contributed by atoms with E-state index in [-0.39, 0.29) is 48.6 Å². The zero-order chi connectivity index (χ0) is 55.4. The molecule has 2 aliphatic carbocycles. The second-order valence-electron chi connectivity index (χ2n) is 19.4. The molecule has 0 radical (unpaired) electrons. The van der Waals surface area contributed by atoms with Crippen LogP contribution in [-0.2, 0) is 48.0 Å². The van der Waals surface area contributed by atoms with Gasteiger partial charge in [0, 0.05) is 12.2 Å². The van der Waals surface area contributed by atoms with Gasteiger partial charge < -0.3 is 42.9 Å². The number of carbonyl (C=O) groups excluding carboxylic acids is 5. The van der Waals surface area contributed by atoms with E-state index in [1.165, 1.54) is 17.4 Å². The highest BCUT2D eigenvalue weighted by Gasteiger charge is 2.31. The van der Waals surface area contributed by atoms with Crippen molar-refractivity contribution >= 4 is 62.7 Å². The van der Waals surface area contributed by atoms with E-state index in [2.05, 4.69) is 13.2 Å². The van der Waals surface area contributed by atoms with Gasteiger partial charge in [0.15, 0.2) is 17.2 Å². The van der Waals surface area contributed by atoms with Crippen LogP contribution >= 0.6 is 22.7 Å². The highest BCUT2D eigenvalue weighted by atomic mass is 32.1. The van der Waals surface area contributed by atoms with Gasteiger partial charge >= 0.3 is 29.8 Å². The average Bonchev–Trinajstić information content (AvgIpc) is 4.37. The normalized spacial score (nSPS) is 17.0. The lowest BCUT2D eigenvalue weighted by Crippen LogP contribution is -2.27. The van der Waals surface area contributed by atoms with Crippen LogP contribution in [0.3, 0.4) is 0 Å². The first-order chi connectivity index (χ1) is 38.6. The van der Waals surface area contributed by atoms with Crippen molar-refractivity contribution in [3.05, 3.63) is 103 Å². The van der Waals surface area contributed by atoms with Crippen LogP contribution in [0.2, 0.25) is 0 Å². The molecule has 0 aliphatic heterocycles. The van der Waals surface area contributed by atoms with E-state index in [1.54, 1.807) is 59.9 Å². The lowest BCUT2D eigenvalue weighted by Gasteiger charge is -2.26. The maximum absolute atomic E-state index is 13.6. The van der Waals surface area contributed by atoms with Gasteiger partial charge in [0.1, 0.15) is 39.1 Å². The second kappa shape index (κ2) is 32.9. The number of ether oxygens (including phenoxy) is 7. The van der Waals surface area contributed by atoms with Crippen molar-refractivity contribution in [2.24, 2.45) is 23.7 Å². The molecule has 2 aliphatic rings. The SMILES string of the molecule is C=CC(=O)OCCCCCCOc1ccc(OOCC2CCC(C(=O)Oc3ccc(OOCC4CCC(C(=O)Oc5ccc(OCCCCCCOC(=O)CCOC(=O)C=C)cc5)CC4)c4nc(-c5cccs5)sc34)CC2)cc1. The van der Waals surface area contributed by atoms with E-state index in [0.29, 0.717) is 104 Å². The van der Waals surface area contributed by atoms with Gasteiger partial charge in [-0.1, -0.05) is 19.2 Å². The number of aromatic nitrogens is 1. The van der Waals surface area contributed by atoms with Crippen molar-refractivity contribution in [2.75, 3.05) is 46.2 Å². The summed E-state index contributed by atoms with van der Waals surface area (Å²) in [6.07, 6.45) is 15.1. The van der Waals surface area contributed by atoms with Crippen LogP contribution in [0.1, 0.15) is 109 Å². The number of rotatable bonds is 34. The minimum absolute atomic E-state index is 0.0139. The summed E-state index contributed by atoms with van der Waals surface area (Å²) in [5.74, 6) is 1.40. The Labute approximate surface area is 469 Å². The maximum atomic E-state index is 13.6. The zero-order valence-corrected chi connectivity index (χ0v) is 46.3. The van der Waals surface area contributed by atoms with Crippen LogP contribution in [0, 0.1) is 23.7 Å². The number of thiazole rings is 1. The Morgan fingerprint density at radius 3 is 1.61 bits per heavy atom. The summed E-state index contributed by atoms with van der Waals surface area (Å²) in [7, 11) is 0. The van der Waals surface area contributed by atoms with Gasteiger partial charge in [0.25, 0.3) is 0 Å². The van der Waals surface area contributed by atoms with Gasteiger partial charge in [-0.05, 0) is 187 Å². The molecule has 0 spiro atoms. The first-order valence-corrected chi connectivity index (χ1v) is 29.0. The van der Waals surface area contributed by atoms with Crippen LogP contribution in [0.4, 0.5) is 0 Å². The van der Waals surface area contributed by atoms with Crippen molar-refractivity contribution < 1.29 is 76.7 Å². The average molecular weight is 1130 g/mol. The van der Waals surface area contributed by atoms with Crippen molar-refractivity contribution in [1.29, 1.82) is 0 Å². The molecule has 0 bridgehead atoms. The molecule has 2 saturated carbocycles. The molecule has 2 fully saturated rings. The van der Waals surface area contributed by atoms with E-state index in [1.807, 2.05) is 29.6 Å². The highest BCUT2D eigenvalue weighted by Crippen LogP contribution is 2.43. The lowest BCUT2D eigenvalue weighted by molar-refractivity contribution is -0.218. The molecule has 79 heavy (non-hydrogen) atoms. The van der Waals surface area contributed by atoms with Crippen LogP contribution in [-0.4, -0.2) is 81.1 Å². The van der Waals surface area contributed by atoms with Crippen LogP contribution in [0.15, 0.2) is 103 Å². The predicted octanol–water partition coefficient (Wildman–Crippen LogP) is 12.7. The van der Waals surface area contributed by atoms with Gasteiger partial charge in [-0.15, -0.1) is 22.7 Å². The Balaban J connectivity index is 0.763. The molecule has 17 nitrogen and oxygen atoms in total. The molecule has 0 atom stereocenters. The molecule has 0 saturated heterocycles. The van der Waals surface area contributed by atoms with Gasteiger partial charge in [-0.2, -0.15) is 9.78 Å². The number of unbranched alkanes of at least 4 members (excludes halogenated alkanes) is 6. The van der Waals surface area contributed by atoms with Crippen molar-refractivity contribution in [1.82, 2.24) is 4.98 Å². The number of hydrogen-bond donors (Lipinski definition) is 0. The third kappa shape index (κ3) is 20.4. The standard InChI is InChI=1S/C60H71NO16S2/c1-3-53(62)69-36-11-7-5-9-35-68-47-25-29-49(30-26-47)76-72-40-42-17-21-45(22-18-42)60(66)75-51-32-31-50(56-57(51)79-58(61-56)52-14-13-39-78-52)77-73-41-43-15-19-44(20-16-43)59(65)74-48-27-23-46(24-28-48)67-34-10-6-8-12-37-70-55(64)33-38-71-54(63)4-2/h3-4,13-14,23-32,39,42-45H,1-2,5-12,15-22,33-38,40-41H2. The summed E-state index contributed by atoms with van der Waals surface area (Å²) in [5.41, 5.74) is 0.552. The fourth-order valence-corrected chi connectivity index (χ4v) is 10.8. The Morgan fingerprint density at radius 1 is 0.532 bits per heavy atom. The Morgan fingerprint density at radius 2 is 1.04 bits per heavy atom. The molecule has 3 aromatic carbocycles. The number of carbonyl (C=O) groups is 5. The molecule has 19 heteroatoms. The summed E-state index contributed by atoms with van der Waals surface area (Å²) < 4.78 is 39.2. The van der Waals surface area contributed by atoms with E-state index >= 15 is 0 Å². The summed E-state index contributed by atoms with van der Waals surface area (Å²) in [6, 6.07) is 21.8. The summed E-state index contributed by atoms with van der Waals surface area (Å²) >= 11 is 3.02. The third-order valence-corrected chi connectivity index (χ3v) is 15.7. The first-order valence-electron chi connectivity index (χ1n) is 27.3. The molecule has 2 aromatic heterocycles. The first kappa shape index (κ1) is 59.9. The zero-order valence-electron chi connectivity index (χ0n) is 44.7. The van der Waals surface area contributed by atoms with Crippen molar-refractivity contribution in [3.63, 3.8) is 0 Å². The summed E-state index contributed by atoms with van der Waals surface area (Å²) in [6.45, 7) is 9.25. The minimum atomic E-state index is -0.568. The number of esters is 5. The molecular weight excluding hydrogens is 1050 g/mol. The van der Waals surface area contributed by atoms with Crippen molar-refractivity contribution in [2.45, 2.75) is 109 Å². The van der Waals surface area contributed by atoms with Gasteiger partial charge in [0.05, 0.1) is 62.8 Å². The molecule has 2 heterocycles. The summed E-state index contributed by atoms with van der Waals surface area (Å²) in [5, 5.41) is 2.78. The van der Waals surface area contributed by atoms with E-state index in [9.17, 15) is 24.0 Å². The Kier molecular flexibility index (Phi) is 25.0. The molecule has 0 amide bonds. The highest BCUT2D eigenvalue weighted by molar-refractivity contribution is 7.25. The Hall–Kier alpha value is -6.80. The number of hydrogen-bond acceptors (Lipinski definition) is 19. The van der Waals surface area contributed by atoms with Gasteiger partial charge in [0.2, 0.25) is 0 Å². The van der Waals surface area contributed by atoms with E-state index in [0.717, 1.165) is 98.8 Å². The second-order valence-corrected chi connectivity index (χ2v) is 21.4. The number of nitrogens with zero attached hydrogens (tertiary/aromatic N) is 1. The quantitative estimate of drug-likeness (QED) is 0.00715. The topological polar surface area (TPSA) is 200 Å². The number of thiophene rings is 1. The third-order valence-electron chi connectivity index (χ3n) is 13.6. The molecular formula is C60H71NO16S2. The van der Waals surface area contributed by atoms with Crippen molar-refractivity contribution in [3.8, 4) is 44.4 Å². The minimum Gasteiger partial charge on any atom is -0.494 e. The molecule has 0 N–H and O–H groups in total. The Bertz CT molecular complexity index is 2690. The smallest absolute Gasteiger partial charge is 0.330 e. The monoisotopic (exact) mass is 1130 g/mol. The maximum Gasteiger partial charge on any atom is 0.330 e. The van der Waals surface area contributed by atoms with Crippen LogP contribution < -0.4 is 28.7 Å². The molecule has 424 valence electrons. The van der Waals surface area contributed by atoms with Crippen LogP contribution in [0.5, 0.6) is 34.5 Å².